The SMILES string of the molecule is Cn1c(N2CCN(C(=O)c3ccccc3[N+](=O)[O-])CC2)nc2sc3c(c2c1=O)CCCC3. The second-order valence-corrected chi connectivity index (χ2v) is 9.30. The third-order valence-electron chi connectivity index (χ3n) is 6.35. The largest absolute Gasteiger partial charge is 0.339 e. The highest BCUT2D eigenvalue weighted by Crippen LogP contribution is 2.34. The lowest BCUT2D eigenvalue weighted by Crippen LogP contribution is -2.50. The maximum atomic E-state index is 13.2. The molecule has 0 N–H and O–H groups in total. The highest BCUT2D eigenvalue weighted by Gasteiger charge is 2.29. The topological polar surface area (TPSA) is 102 Å². The van der Waals surface area contributed by atoms with Crippen LogP contribution in [-0.2, 0) is 19.9 Å². The molecule has 1 aromatic carbocycles. The Kier molecular flexibility index (Phi) is 5.16. The summed E-state index contributed by atoms with van der Waals surface area (Å²) < 4.78 is 1.61. The number of carbonyl (C=O) groups is 1. The Bertz CT molecular complexity index is 1290. The smallest absolute Gasteiger partial charge is 0.282 e. The molecular weight excluding hydrogens is 430 g/mol. The van der Waals surface area contributed by atoms with Crippen molar-refractivity contribution in [3.05, 3.63) is 60.7 Å². The van der Waals surface area contributed by atoms with Crippen LogP contribution in [0.15, 0.2) is 29.1 Å². The maximum Gasteiger partial charge on any atom is 0.282 e. The van der Waals surface area contributed by atoms with Crippen LogP contribution in [-0.4, -0.2) is 51.5 Å². The molecule has 1 fully saturated rings. The maximum absolute atomic E-state index is 13.2. The van der Waals surface area contributed by atoms with Gasteiger partial charge in [0.05, 0.1) is 10.3 Å². The highest BCUT2D eigenvalue weighted by molar-refractivity contribution is 7.18. The van der Waals surface area contributed by atoms with Gasteiger partial charge in [0, 0.05) is 44.2 Å². The first kappa shape index (κ1) is 20.6. The zero-order valence-corrected chi connectivity index (χ0v) is 18.6. The number of fused-ring (bicyclic) bond motifs is 3. The number of nitro groups is 1. The molecule has 166 valence electrons. The number of hydrogen-bond acceptors (Lipinski definition) is 7. The number of piperazine rings is 1. The van der Waals surface area contributed by atoms with E-state index in [4.69, 9.17) is 4.98 Å². The first-order valence-electron chi connectivity index (χ1n) is 10.7. The van der Waals surface area contributed by atoms with Crippen molar-refractivity contribution in [3.8, 4) is 0 Å². The second kappa shape index (κ2) is 8.01. The first-order chi connectivity index (χ1) is 15.5. The van der Waals surface area contributed by atoms with Crippen molar-refractivity contribution in [2.45, 2.75) is 25.7 Å². The number of hydrogen-bond donors (Lipinski definition) is 0. The van der Waals surface area contributed by atoms with Crippen LogP contribution in [0.25, 0.3) is 10.2 Å². The number of aromatic nitrogens is 2. The number of carbonyl (C=O) groups excluding carboxylic acids is 1. The Hall–Kier alpha value is -3.27. The van der Waals surface area contributed by atoms with Gasteiger partial charge in [-0.25, -0.2) is 4.98 Å². The summed E-state index contributed by atoms with van der Waals surface area (Å²) in [6.07, 6.45) is 4.22. The highest BCUT2D eigenvalue weighted by atomic mass is 32.1. The van der Waals surface area contributed by atoms with Gasteiger partial charge in [-0.15, -0.1) is 11.3 Å². The van der Waals surface area contributed by atoms with E-state index >= 15 is 0 Å². The lowest BCUT2D eigenvalue weighted by atomic mass is 9.97. The van der Waals surface area contributed by atoms with Crippen molar-refractivity contribution >= 4 is 39.1 Å². The van der Waals surface area contributed by atoms with Crippen molar-refractivity contribution < 1.29 is 9.72 Å². The molecule has 9 nitrogen and oxygen atoms in total. The van der Waals surface area contributed by atoms with E-state index in [0.29, 0.717) is 32.1 Å². The minimum atomic E-state index is -0.529. The summed E-state index contributed by atoms with van der Waals surface area (Å²) in [5.41, 5.74) is 1.08. The molecule has 2 aromatic heterocycles. The molecule has 3 heterocycles. The van der Waals surface area contributed by atoms with Crippen molar-refractivity contribution in [1.29, 1.82) is 0 Å². The predicted molar refractivity (Wildman–Crippen MR) is 123 cm³/mol. The van der Waals surface area contributed by atoms with Gasteiger partial charge in [0.1, 0.15) is 10.4 Å². The summed E-state index contributed by atoms with van der Waals surface area (Å²) >= 11 is 1.63. The van der Waals surface area contributed by atoms with Gasteiger partial charge in [0.25, 0.3) is 17.2 Å². The van der Waals surface area contributed by atoms with Gasteiger partial charge in [0.15, 0.2) is 0 Å². The van der Waals surface area contributed by atoms with Crippen LogP contribution < -0.4 is 10.5 Å². The molecule has 1 amide bonds. The van der Waals surface area contributed by atoms with Gasteiger partial charge in [-0.05, 0) is 37.3 Å². The van der Waals surface area contributed by atoms with Gasteiger partial charge < -0.3 is 9.80 Å². The quantitative estimate of drug-likeness (QED) is 0.446. The molecule has 0 unspecified atom stereocenters. The normalized spacial score (nSPS) is 16.3. The molecule has 2 aliphatic rings. The van der Waals surface area contributed by atoms with Crippen LogP contribution in [0, 0.1) is 10.1 Å². The van der Waals surface area contributed by atoms with Crippen molar-refractivity contribution in [2.24, 2.45) is 7.05 Å². The third kappa shape index (κ3) is 3.35. The van der Waals surface area contributed by atoms with E-state index in [1.807, 2.05) is 4.90 Å². The minimum absolute atomic E-state index is 0.0113. The number of amides is 1. The average Bonchev–Trinajstić information content (AvgIpc) is 3.19. The average molecular weight is 454 g/mol. The Labute approximate surface area is 188 Å². The Morgan fingerprint density at radius 1 is 1.12 bits per heavy atom. The third-order valence-corrected chi connectivity index (χ3v) is 7.54. The molecular formula is C22H23N5O4S. The van der Waals surface area contributed by atoms with E-state index in [-0.39, 0.29) is 22.7 Å². The predicted octanol–water partition coefficient (Wildman–Crippen LogP) is 2.74. The van der Waals surface area contributed by atoms with E-state index in [1.54, 1.807) is 40.0 Å². The van der Waals surface area contributed by atoms with E-state index < -0.39 is 4.92 Å². The summed E-state index contributed by atoms with van der Waals surface area (Å²) in [5, 5.41) is 12.0. The van der Waals surface area contributed by atoms with Crippen LogP contribution in [0.2, 0.25) is 0 Å². The number of thiophene rings is 1. The van der Waals surface area contributed by atoms with E-state index in [0.717, 1.165) is 35.9 Å². The number of rotatable bonds is 3. The molecule has 5 rings (SSSR count). The molecule has 1 aliphatic heterocycles. The lowest BCUT2D eigenvalue weighted by Gasteiger charge is -2.35. The van der Waals surface area contributed by atoms with E-state index in [1.165, 1.54) is 22.6 Å². The molecule has 0 radical (unpaired) electrons. The van der Waals surface area contributed by atoms with Crippen molar-refractivity contribution in [2.75, 3.05) is 31.1 Å². The van der Waals surface area contributed by atoms with Gasteiger partial charge in [-0.3, -0.25) is 24.3 Å². The minimum Gasteiger partial charge on any atom is -0.339 e. The fraction of sp³-hybridized carbons (Fsp3) is 0.409. The van der Waals surface area contributed by atoms with Gasteiger partial charge in [0.2, 0.25) is 5.95 Å². The van der Waals surface area contributed by atoms with Crippen molar-refractivity contribution in [1.82, 2.24) is 14.5 Å². The molecule has 0 atom stereocenters. The number of anilines is 1. The number of nitrogens with zero attached hydrogens (tertiary/aromatic N) is 5. The van der Waals surface area contributed by atoms with Gasteiger partial charge in [-0.1, -0.05) is 12.1 Å². The summed E-state index contributed by atoms with van der Waals surface area (Å²) in [5.74, 6) is 0.263. The summed E-state index contributed by atoms with van der Waals surface area (Å²) in [6, 6.07) is 6.02. The molecule has 10 heteroatoms. The molecule has 0 spiro atoms. The van der Waals surface area contributed by atoms with E-state index in [2.05, 4.69) is 0 Å². The fourth-order valence-corrected chi connectivity index (χ4v) is 5.90. The lowest BCUT2D eigenvalue weighted by molar-refractivity contribution is -0.385. The molecule has 1 aliphatic carbocycles. The zero-order valence-electron chi connectivity index (χ0n) is 17.7. The van der Waals surface area contributed by atoms with Gasteiger partial charge in [-0.2, -0.15) is 0 Å². The first-order valence-corrected chi connectivity index (χ1v) is 11.6. The Balaban J connectivity index is 1.39. The molecule has 0 bridgehead atoms. The van der Waals surface area contributed by atoms with Crippen LogP contribution in [0.3, 0.4) is 0 Å². The van der Waals surface area contributed by atoms with E-state index in [9.17, 15) is 19.7 Å². The summed E-state index contributed by atoms with van der Waals surface area (Å²) in [4.78, 5) is 47.4. The molecule has 32 heavy (non-hydrogen) atoms. The van der Waals surface area contributed by atoms with Crippen LogP contribution >= 0.6 is 11.3 Å². The Morgan fingerprint density at radius 2 is 1.84 bits per heavy atom. The van der Waals surface area contributed by atoms with Crippen LogP contribution in [0.5, 0.6) is 0 Å². The zero-order chi connectivity index (χ0) is 22.4. The Morgan fingerprint density at radius 3 is 2.59 bits per heavy atom. The number of nitro benzene ring substituents is 1. The monoisotopic (exact) mass is 453 g/mol. The standard InChI is InChI=1S/C22H23N5O4S/c1-24-21(29)18-15-7-3-5-9-17(15)32-19(18)23-22(24)26-12-10-25(11-13-26)20(28)14-6-2-4-8-16(14)27(30)31/h2,4,6,8H,3,5,7,9-13H2,1H3. The van der Waals surface area contributed by atoms with Gasteiger partial charge >= 0.3 is 0 Å². The number of para-hydroxylation sites is 1. The summed E-state index contributed by atoms with van der Waals surface area (Å²) in [6.45, 7) is 1.81. The summed E-state index contributed by atoms with van der Waals surface area (Å²) in [7, 11) is 1.75. The second-order valence-electron chi connectivity index (χ2n) is 8.22. The molecule has 3 aromatic rings. The number of aryl methyl sites for hydroxylation is 2. The fourth-order valence-electron chi connectivity index (χ4n) is 4.65. The number of benzene rings is 1. The molecule has 0 saturated carbocycles. The van der Waals surface area contributed by atoms with Crippen LogP contribution in [0.4, 0.5) is 11.6 Å². The molecule has 1 saturated heterocycles. The van der Waals surface area contributed by atoms with Crippen LogP contribution in [0.1, 0.15) is 33.6 Å². The van der Waals surface area contributed by atoms with Crippen molar-refractivity contribution in [3.63, 3.8) is 0 Å².